The van der Waals surface area contributed by atoms with Gasteiger partial charge in [-0.3, -0.25) is 9.69 Å². The highest BCUT2D eigenvalue weighted by Crippen LogP contribution is 2.22. The average Bonchev–Trinajstić information content (AvgIpc) is 2.45. The molecule has 0 saturated heterocycles. The molecule has 0 aliphatic heterocycles. The van der Waals surface area contributed by atoms with Crippen molar-refractivity contribution in [2.45, 2.75) is 13.8 Å². The van der Waals surface area contributed by atoms with Gasteiger partial charge in [-0.2, -0.15) is 0 Å². The zero-order chi connectivity index (χ0) is 16.4. The second-order valence-corrected chi connectivity index (χ2v) is 5.16. The molecule has 0 unspecified atom stereocenters. The molecule has 22 heavy (non-hydrogen) atoms. The smallest absolute Gasteiger partial charge is 0.319 e. The van der Waals surface area contributed by atoms with Gasteiger partial charge in [-0.25, -0.2) is 9.79 Å². The van der Waals surface area contributed by atoms with E-state index in [0.29, 0.717) is 11.4 Å². The summed E-state index contributed by atoms with van der Waals surface area (Å²) in [5, 5.41) is 0. The summed E-state index contributed by atoms with van der Waals surface area (Å²) >= 11 is 0. The molecule has 0 aromatic heterocycles. The Balaban J connectivity index is 2.45. The van der Waals surface area contributed by atoms with E-state index in [4.69, 9.17) is 11.5 Å². The Kier molecular flexibility index (Phi) is 4.12. The third-order valence-corrected chi connectivity index (χ3v) is 3.47. The molecule has 2 rings (SSSR count). The highest BCUT2D eigenvalue weighted by molar-refractivity contribution is 6.22. The predicted molar refractivity (Wildman–Crippen MR) is 86.9 cm³/mol. The Bertz CT molecular complexity index is 745. The van der Waals surface area contributed by atoms with E-state index in [9.17, 15) is 9.59 Å². The molecule has 0 heterocycles. The molecule has 6 nitrogen and oxygen atoms in total. The minimum absolute atomic E-state index is 0.198. The molecule has 0 atom stereocenters. The first-order chi connectivity index (χ1) is 10.3. The number of hydrogen-bond donors (Lipinski definition) is 2. The van der Waals surface area contributed by atoms with Crippen molar-refractivity contribution >= 4 is 28.9 Å². The molecule has 114 valence electrons. The van der Waals surface area contributed by atoms with Crippen molar-refractivity contribution in [1.29, 1.82) is 0 Å². The van der Waals surface area contributed by atoms with Crippen molar-refractivity contribution in [2.24, 2.45) is 10.7 Å². The number of ketones is 1. The van der Waals surface area contributed by atoms with Gasteiger partial charge in [0.05, 0.1) is 17.1 Å². The number of benzene rings is 1. The third-order valence-electron chi connectivity index (χ3n) is 3.47. The van der Waals surface area contributed by atoms with Gasteiger partial charge < -0.3 is 11.5 Å². The number of nitrogen functional groups attached to an aromatic ring is 1. The summed E-state index contributed by atoms with van der Waals surface area (Å²) in [6.07, 6.45) is 3.01. The van der Waals surface area contributed by atoms with Crippen LogP contribution in [0.25, 0.3) is 0 Å². The van der Waals surface area contributed by atoms with Crippen LogP contribution in [-0.2, 0) is 4.79 Å². The average molecular weight is 298 g/mol. The van der Waals surface area contributed by atoms with Crippen LogP contribution in [0.2, 0.25) is 0 Å². The number of amides is 2. The Morgan fingerprint density at radius 2 is 1.91 bits per heavy atom. The standard InChI is InChI=1S/C16H18N4O2/c1-9-6-11(4-5-12(9)17)19-13-8-14(20(3)16(18)22)15(21)7-10(13)2/h4-8H,17H2,1-3H3,(H2,18,22). The van der Waals surface area contributed by atoms with E-state index < -0.39 is 6.03 Å². The van der Waals surface area contributed by atoms with Crippen LogP contribution in [-0.4, -0.2) is 29.5 Å². The number of nitrogens with two attached hydrogens (primary N) is 2. The number of rotatable bonds is 2. The summed E-state index contributed by atoms with van der Waals surface area (Å²) in [5.41, 5.74) is 14.9. The van der Waals surface area contributed by atoms with Crippen molar-refractivity contribution in [3.63, 3.8) is 0 Å². The monoisotopic (exact) mass is 298 g/mol. The minimum Gasteiger partial charge on any atom is -0.399 e. The normalized spacial score (nSPS) is 16.3. The second-order valence-electron chi connectivity index (χ2n) is 5.16. The number of allylic oxidation sites excluding steroid dienone is 3. The predicted octanol–water partition coefficient (Wildman–Crippen LogP) is 2.07. The topological polar surface area (TPSA) is 102 Å². The molecule has 0 fully saturated rings. The van der Waals surface area contributed by atoms with Crippen LogP contribution in [0.3, 0.4) is 0 Å². The lowest BCUT2D eigenvalue weighted by Crippen LogP contribution is -2.35. The number of aliphatic imine (C=N–C) groups is 1. The fraction of sp³-hybridized carbons (Fsp3) is 0.188. The number of urea groups is 1. The summed E-state index contributed by atoms with van der Waals surface area (Å²) in [4.78, 5) is 28.9. The van der Waals surface area contributed by atoms with Crippen molar-refractivity contribution in [2.75, 3.05) is 12.8 Å². The first kappa shape index (κ1) is 15.5. The summed E-state index contributed by atoms with van der Waals surface area (Å²) < 4.78 is 0. The molecule has 1 aliphatic carbocycles. The van der Waals surface area contributed by atoms with E-state index in [0.717, 1.165) is 21.7 Å². The van der Waals surface area contributed by atoms with E-state index in [2.05, 4.69) is 4.99 Å². The Hall–Kier alpha value is -2.89. The quantitative estimate of drug-likeness (QED) is 0.645. The summed E-state index contributed by atoms with van der Waals surface area (Å²) in [5.74, 6) is -0.272. The lowest BCUT2D eigenvalue weighted by atomic mass is 10.0. The van der Waals surface area contributed by atoms with Crippen molar-refractivity contribution in [3.8, 4) is 0 Å². The molecule has 0 spiro atoms. The van der Waals surface area contributed by atoms with Crippen LogP contribution in [0.5, 0.6) is 0 Å². The first-order valence-electron chi connectivity index (χ1n) is 6.72. The van der Waals surface area contributed by atoms with Gasteiger partial charge in [0.15, 0.2) is 0 Å². The van der Waals surface area contributed by atoms with Gasteiger partial charge in [0.1, 0.15) is 0 Å². The van der Waals surface area contributed by atoms with Gasteiger partial charge in [-0.15, -0.1) is 0 Å². The molecule has 1 aromatic rings. The maximum absolute atomic E-state index is 12.0. The number of anilines is 1. The lowest BCUT2D eigenvalue weighted by molar-refractivity contribution is -0.112. The van der Waals surface area contributed by atoms with Crippen molar-refractivity contribution in [3.05, 3.63) is 47.2 Å². The van der Waals surface area contributed by atoms with Crippen LogP contribution < -0.4 is 11.5 Å². The van der Waals surface area contributed by atoms with Gasteiger partial charge >= 0.3 is 6.03 Å². The fourth-order valence-electron chi connectivity index (χ4n) is 2.03. The Labute approximate surface area is 128 Å². The number of nitrogens with zero attached hydrogens (tertiary/aromatic N) is 2. The Morgan fingerprint density at radius 1 is 1.23 bits per heavy atom. The SMILES string of the molecule is CC1=CC(=O)C(N(C)C(N)=O)=CC1=Nc1ccc(N)c(C)c1. The summed E-state index contributed by atoms with van der Waals surface area (Å²) in [6.45, 7) is 3.69. The van der Waals surface area contributed by atoms with Crippen LogP contribution >= 0.6 is 0 Å². The van der Waals surface area contributed by atoms with E-state index >= 15 is 0 Å². The van der Waals surface area contributed by atoms with Crippen LogP contribution in [0.15, 0.2) is 46.6 Å². The van der Waals surface area contributed by atoms with Gasteiger partial charge in [0.2, 0.25) is 5.78 Å². The van der Waals surface area contributed by atoms with Crippen LogP contribution in [0.4, 0.5) is 16.2 Å². The minimum atomic E-state index is -0.699. The van der Waals surface area contributed by atoms with E-state index in [1.54, 1.807) is 25.1 Å². The van der Waals surface area contributed by atoms with Gasteiger partial charge in [-0.1, -0.05) is 0 Å². The molecule has 1 aromatic carbocycles. The van der Waals surface area contributed by atoms with Crippen LogP contribution in [0.1, 0.15) is 12.5 Å². The van der Waals surface area contributed by atoms with Crippen molar-refractivity contribution < 1.29 is 9.59 Å². The molecule has 0 bridgehead atoms. The maximum atomic E-state index is 12.0. The van der Waals surface area contributed by atoms with E-state index in [-0.39, 0.29) is 11.5 Å². The van der Waals surface area contributed by atoms with Gasteiger partial charge in [0.25, 0.3) is 0 Å². The zero-order valence-corrected chi connectivity index (χ0v) is 12.8. The molecular weight excluding hydrogens is 280 g/mol. The number of carbonyl (C=O) groups excluding carboxylic acids is 2. The molecular formula is C16H18N4O2. The molecule has 4 N–H and O–H groups in total. The lowest BCUT2D eigenvalue weighted by Gasteiger charge is -2.20. The zero-order valence-electron chi connectivity index (χ0n) is 12.8. The maximum Gasteiger partial charge on any atom is 0.319 e. The summed E-state index contributed by atoms with van der Waals surface area (Å²) in [6, 6.07) is 4.74. The van der Waals surface area contributed by atoms with Gasteiger partial charge in [-0.05, 0) is 55.3 Å². The van der Waals surface area contributed by atoms with E-state index in [1.165, 1.54) is 13.1 Å². The first-order valence-corrected chi connectivity index (χ1v) is 6.72. The fourth-order valence-corrected chi connectivity index (χ4v) is 2.03. The second kappa shape index (κ2) is 5.85. The van der Waals surface area contributed by atoms with Crippen LogP contribution in [0, 0.1) is 6.92 Å². The molecule has 6 heteroatoms. The number of aryl methyl sites for hydroxylation is 1. The molecule has 1 aliphatic rings. The highest BCUT2D eigenvalue weighted by Gasteiger charge is 2.22. The number of primary amides is 1. The van der Waals surface area contributed by atoms with E-state index in [1.807, 2.05) is 13.0 Å². The summed E-state index contributed by atoms with van der Waals surface area (Å²) in [7, 11) is 1.45. The molecule has 0 saturated carbocycles. The molecule has 2 amide bonds. The Morgan fingerprint density at radius 3 is 2.50 bits per heavy atom. The largest absolute Gasteiger partial charge is 0.399 e. The van der Waals surface area contributed by atoms with Gasteiger partial charge in [0, 0.05) is 12.7 Å². The number of likely N-dealkylation sites (N-methyl/N-ethyl adjacent to an activating group) is 1. The molecule has 0 radical (unpaired) electrons. The number of hydrogen-bond acceptors (Lipinski definition) is 4. The highest BCUT2D eigenvalue weighted by atomic mass is 16.2. The number of carbonyl (C=O) groups is 2. The van der Waals surface area contributed by atoms with Crippen molar-refractivity contribution in [1.82, 2.24) is 4.90 Å². The third kappa shape index (κ3) is 3.06.